The van der Waals surface area contributed by atoms with E-state index >= 15 is 0 Å². The van der Waals surface area contributed by atoms with Crippen molar-refractivity contribution in [3.05, 3.63) is 83.2 Å². The van der Waals surface area contributed by atoms with E-state index in [4.69, 9.17) is 17.0 Å². The Kier molecular flexibility index (Phi) is 6.23. The third-order valence-electron chi connectivity index (χ3n) is 5.86. The molecule has 1 aliphatic rings. The van der Waals surface area contributed by atoms with Crippen LogP contribution in [-0.4, -0.2) is 39.2 Å². The predicted molar refractivity (Wildman–Crippen MR) is 124 cm³/mol. The average molecular weight is 453 g/mol. The summed E-state index contributed by atoms with van der Waals surface area (Å²) in [5, 5.41) is 3.92. The zero-order chi connectivity index (χ0) is 22.8. The van der Waals surface area contributed by atoms with Gasteiger partial charge < -0.3 is 19.5 Å². The van der Waals surface area contributed by atoms with Crippen LogP contribution in [0.2, 0.25) is 0 Å². The first-order chi connectivity index (χ1) is 15.4. The zero-order valence-electron chi connectivity index (χ0n) is 18.2. The summed E-state index contributed by atoms with van der Waals surface area (Å²) in [5.41, 5.74) is 4.16. The fourth-order valence-electron chi connectivity index (χ4n) is 4.39. The van der Waals surface area contributed by atoms with Gasteiger partial charge in [-0.2, -0.15) is 0 Å². The second kappa shape index (κ2) is 9.08. The van der Waals surface area contributed by atoms with E-state index in [0.29, 0.717) is 17.3 Å². The molecule has 6 nitrogen and oxygen atoms in total. The number of thiocarbonyl (C=S) groups is 1. The van der Waals surface area contributed by atoms with E-state index in [0.717, 1.165) is 22.6 Å². The van der Waals surface area contributed by atoms with Gasteiger partial charge in [0.25, 0.3) is 0 Å². The first-order valence-corrected chi connectivity index (χ1v) is 10.8. The number of halogens is 1. The van der Waals surface area contributed by atoms with E-state index < -0.39 is 0 Å². The van der Waals surface area contributed by atoms with Crippen LogP contribution >= 0.6 is 12.2 Å². The standard InChI is InChI=1S/C24H25FN4O2S/c1-15-14-17(16(2)29(15)20-10-5-4-8-18(20)25)23-22(19-9-6-7-12-26-19)27-24(32)28(23)13-11-21(30)31-3/h4-10,12,14,22-23H,11,13H2,1-3H3,(H,27,32)/t22-,23-/m0/s1. The van der Waals surface area contributed by atoms with Gasteiger partial charge in [-0.3, -0.25) is 9.78 Å². The highest BCUT2D eigenvalue weighted by molar-refractivity contribution is 7.80. The van der Waals surface area contributed by atoms with E-state index in [9.17, 15) is 9.18 Å². The molecule has 3 aromatic rings. The Balaban J connectivity index is 1.81. The summed E-state index contributed by atoms with van der Waals surface area (Å²) in [6.07, 6.45) is 1.95. The lowest BCUT2D eigenvalue weighted by Crippen LogP contribution is -2.32. The molecule has 4 rings (SSSR count). The topological polar surface area (TPSA) is 59.4 Å². The van der Waals surface area contributed by atoms with E-state index in [1.165, 1.54) is 13.2 Å². The number of hydrogen-bond donors (Lipinski definition) is 1. The summed E-state index contributed by atoms with van der Waals surface area (Å²) >= 11 is 5.65. The number of methoxy groups -OCH3 is 1. The fraction of sp³-hybridized carbons (Fsp3) is 0.292. The lowest BCUT2D eigenvalue weighted by Gasteiger charge is -2.28. The number of hydrogen-bond acceptors (Lipinski definition) is 4. The quantitative estimate of drug-likeness (QED) is 0.448. The van der Waals surface area contributed by atoms with Crippen LogP contribution in [-0.2, 0) is 9.53 Å². The minimum atomic E-state index is -0.301. The molecular formula is C24H25FN4O2S. The molecule has 0 spiro atoms. The number of esters is 1. The molecule has 32 heavy (non-hydrogen) atoms. The summed E-state index contributed by atoms with van der Waals surface area (Å²) in [6.45, 7) is 4.33. The van der Waals surface area contributed by atoms with Gasteiger partial charge >= 0.3 is 5.97 Å². The normalized spacial score (nSPS) is 18.0. The van der Waals surface area contributed by atoms with Crippen LogP contribution in [0, 0.1) is 19.7 Å². The molecular weight excluding hydrogens is 427 g/mol. The molecule has 0 amide bonds. The molecule has 1 saturated heterocycles. The van der Waals surface area contributed by atoms with Crippen molar-refractivity contribution in [2.45, 2.75) is 32.4 Å². The van der Waals surface area contributed by atoms with Crippen LogP contribution in [0.3, 0.4) is 0 Å². The molecule has 0 aliphatic carbocycles. The minimum Gasteiger partial charge on any atom is -0.469 e. The number of nitrogens with one attached hydrogen (secondary N) is 1. The molecule has 166 valence electrons. The SMILES string of the molecule is COC(=O)CCN1C(=S)N[C@@H](c2ccccn2)[C@@H]1c1cc(C)n(-c2ccccc2F)c1C. The van der Waals surface area contributed by atoms with Crippen molar-refractivity contribution < 1.29 is 13.9 Å². The molecule has 0 saturated carbocycles. The number of nitrogens with zero attached hydrogens (tertiary/aromatic N) is 3. The number of carbonyl (C=O) groups excluding carboxylic acids is 1. The Hall–Kier alpha value is -3.26. The maximum atomic E-state index is 14.6. The first-order valence-electron chi connectivity index (χ1n) is 10.4. The van der Waals surface area contributed by atoms with Gasteiger partial charge in [-0.1, -0.05) is 18.2 Å². The van der Waals surface area contributed by atoms with Gasteiger partial charge in [0.2, 0.25) is 0 Å². The Morgan fingerprint density at radius 1 is 1.22 bits per heavy atom. The van der Waals surface area contributed by atoms with Crippen molar-refractivity contribution in [2.24, 2.45) is 0 Å². The van der Waals surface area contributed by atoms with E-state index in [-0.39, 0.29) is 30.3 Å². The molecule has 0 unspecified atom stereocenters. The summed E-state index contributed by atoms with van der Waals surface area (Å²) in [7, 11) is 1.37. The number of aryl methyl sites for hydroxylation is 1. The minimum absolute atomic E-state index is 0.204. The highest BCUT2D eigenvalue weighted by atomic mass is 32.1. The van der Waals surface area contributed by atoms with E-state index in [1.54, 1.807) is 18.3 Å². The van der Waals surface area contributed by atoms with Crippen LogP contribution in [0.5, 0.6) is 0 Å². The summed E-state index contributed by atoms with van der Waals surface area (Å²) < 4.78 is 21.4. The van der Waals surface area contributed by atoms with Crippen molar-refractivity contribution in [3.8, 4) is 5.69 Å². The second-order valence-corrected chi connectivity index (χ2v) is 8.15. The van der Waals surface area contributed by atoms with Crippen molar-refractivity contribution >= 4 is 23.3 Å². The molecule has 2 aromatic heterocycles. The van der Waals surface area contributed by atoms with Gasteiger partial charge in [0.15, 0.2) is 5.11 Å². The number of benzene rings is 1. The third-order valence-corrected chi connectivity index (χ3v) is 6.22. The number of rotatable bonds is 6. The highest BCUT2D eigenvalue weighted by Crippen LogP contribution is 2.41. The highest BCUT2D eigenvalue weighted by Gasteiger charge is 2.41. The molecule has 3 heterocycles. The summed E-state index contributed by atoms with van der Waals surface area (Å²) in [6, 6.07) is 14.1. The molecule has 8 heteroatoms. The van der Waals surface area contributed by atoms with Gasteiger partial charge in [-0.05, 0) is 62.0 Å². The van der Waals surface area contributed by atoms with Crippen molar-refractivity contribution in [3.63, 3.8) is 0 Å². The summed E-state index contributed by atoms with van der Waals surface area (Å²) in [4.78, 5) is 18.4. The Morgan fingerprint density at radius 2 is 1.97 bits per heavy atom. The Labute approximate surface area is 192 Å². The van der Waals surface area contributed by atoms with Crippen molar-refractivity contribution in [2.75, 3.05) is 13.7 Å². The largest absolute Gasteiger partial charge is 0.469 e. The first kappa shape index (κ1) is 22.0. The lowest BCUT2D eigenvalue weighted by molar-refractivity contribution is -0.140. The van der Waals surface area contributed by atoms with E-state index in [1.807, 2.05) is 47.6 Å². The Bertz CT molecular complexity index is 1150. The predicted octanol–water partition coefficient (Wildman–Crippen LogP) is 4.16. The van der Waals surface area contributed by atoms with Gasteiger partial charge in [0.05, 0.1) is 37.0 Å². The van der Waals surface area contributed by atoms with Gasteiger partial charge in [-0.25, -0.2) is 4.39 Å². The molecule has 1 fully saturated rings. The molecule has 1 aliphatic heterocycles. The van der Waals surface area contributed by atoms with Crippen LogP contribution < -0.4 is 5.32 Å². The van der Waals surface area contributed by atoms with E-state index in [2.05, 4.69) is 16.4 Å². The molecule has 0 bridgehead atoms. The maximum Gasteiger partial charge on any atom is 0.307 e. The maximum absolute atomic E-state index is 14.6. The average Bonchev–Trinajstić information content (AvgIpc) is 3.28. The third kappa shape index (κ3) is 3.98. The number of ether oxygens (including phenoxy) is 1. The molecule has 2 atom stereocenters. The van der Waals surface area contributed by atoms with Crippen LogP contribution in [0.25, 0.3) is 5.69 Å². The Morgan fingerprint density at radius 3 is 2.66 bits per heavy atom. The number of carbonyl (C=O) groups is 1. The van der Waals surface area contributed by atoms with Gasteiger partial charge in [0, 0.05) is 24.1 Å². The number of aromatic nitrogens is 2. The summed E-state index contributed by atoms with van der Waals surface area (Å²) in [5.74, 6) is -0.589. The molecule has 1 aromatic carbocycles. The van der Waals surface area contributed by atoms with Crippen molar-refractivity contribution in [1.29, 1.82) is 0 Å². The van der Waals surface area contributed by atoms with Crippen LogP contribution in [0.15, 0.2) is 54.7 Å². The fourth-order valence-corrected chi connectivity index (χ4v) is 4.72. The van der Waals surface area contributed by atoms with Crippen molar-refractivity contribution in [1.82, 2.24) is 19.8 Å². The van der Waals surface area contributed by atoms with Crippen LogP contribution in [0.1, 0.15) is 41.1 Å². The number of pyridine rings is 1. The smallest absolute Gasteiger partial charge is 0.307 e. The van der Waals surface area contributed by atoms with Gasteiger partial charge in [-0.15, -0.1) is 0 Å². The van der Waals surface area contributed by atoms with Crippen LogP contribution in [0.4, 0.5) is 4.39 Å². The monoisotopic (exact) mass is 452 g/mol. The zero-order valence-corrected chi connectivity index (χ0v) is 19.0. The number of para-hydroxylation sites is 1. The molecule has 0 radical (unpaired) electrons. The molecule has 1 N–H and O–H groups in total. The van der Waals surface area contributed by atoms with Gasteiger partial charge in [0.1, 0.15) is 5.82 Å². The lowest BCUT2D eigenvalue weighted by atomic mass is 9.96. The second-order valence-electron chi connectivity index (χ2n) is 7.76.